The fraction of sp³-hybridized carbons (Fsp3) is 0.500. The molecule has 0 nitrogen and oxygen atoms in total. The molecule has 0 radical (unpaired) electrons. The summed E-state index contributed by atoms with van der Waals surface area (Å²) in [5.41, 5.74) is 4.50. The van der Waals surface area contributed by atoms with Gasteiger partial charge in [-0.1, -0.05) is 0 Å². The quantitative estimate of drug-likeness (QED) is 0.610. The summed E-state index contributed by atoms with van der Waals surface area (Å²) in [7, 11) is 0. The summed E-state index contributed by atoms with van der Waals surface area (Å²) >= 11 is 2.71. The average Bonchev–Trinajstić information content (AvgIpc) is 1.95. The van der Waals surface area contributed by atoms with Gasteiger partial charge in [0.25, 0.3) is 0 Å². The number of hydrogen-bond donors (Lipinski definition) is 0. The molecule has 1 rings (SSSR count). The average molecular weight is 241 g/mol. The van der Waals surface area contributed by atoms with E-state index >= 15 is 0 Å². The van der Waals surface area contributed by atoms with Gasteiger partial charge in [0.1, 0.15) is 0 Å². The zero-order valence-corrected chi connectivity index (χ0v) is 11.0. The van der Waals surface area contributed by atoms with Gasteiger partial charge in [-0.25, -0.2) is 0 Å². The first-order valence-corrected chi connectivity index (χ1v) is 5.57. The minimum atomic E-state index is 0.248. The molecule has 13 heavy (non-hydrogen) atoms. The third-order valence-electron chi connectivity index (χ3n) is 2.34. The van der Waals surface area contributed by atoms with Gasteiger partial charge in [0.2, 0.25) is 0 Å². The van der Waals surface area contributed by atoms with E-state index in [2.05, 4.69) is 62.8 Å². The van der Waals surface area contributed by atoms with Crippen LogP contribution in [-0.4, -0.2) is 16.0 Å². The zero-order valence-electron chi connectivity index (χ0n) is 9.10. The zero-order chi connectivity index (χ0) is 10.2. The number of rotatable bonds is 0. The van der Waals surface area contributed by atoms with Crippen LogP contribution in [-0.2, 0) is 5.41 Å². The van der Waals surface area contributed by atoms with Crippen molar-refractivity contribution in [2.45, 2.75) is 40.0 Å². The molecule has 0 aliphatic heterocycles. The predicted molar refractivity (Wildman–Crippen MR) is 61.4 cm³/mol. The summed E-state index contributed by atoms with van der Waals surface area (Å²) in [5.74, 6) is 0. The first-order valence-electron chi connectivity index (χ1n) is 4.63. The molecule has 1 aromatic carbocycles. The van der Waals surface area contributed by atoms with Crippen LogP contribution in [0.25, 0.3) is 0 Å². The Balaban J connectivity index is 3.43. The molecule has 72 valence electrons. The minimum absolute atomic E-state index is 0.248. The molecular formula is C12H18Se. The molecule has 0 aromatic heterocycles. The summed E-state index contributed by atoms with van der Waals surface area (Å²) < 4.78 is 1.39. The van der Waals surface area contributed by atoms with E-state index in [1.165, 1.54) is 21.2 Å². The molecule has 0 bridgehead atoms. The molecule has 0 unspecified atom stereocenters. The van der Waals surface area contributed by atoms with E-state index in [-0.39, 0.29) is 5.41 Å². The molecule has 0 aliphatic carbocycles. The van der Waals surface area contributed by atoms with Crippen molar-refractivity contribution < 1.29 is 0 Å². The van der Waals surface area contributed by atoms with Crippen molar-refractivity contribution in [1.29, 1.82) is 0 Å². The van der Waals surface area contributed by atoms with Gasteiger partial charge in [0.15, 0.2) is 0 Å². The third-order valence-corrected chi connectivity index (χ3v) is 3.55. The Labute approximate surface area is 89.6 Å². The second-order valence-corrected chi connectivity index (χ2v) is 5.61. The SMILES string of the molecule is Cc1ccc(C)c(C(C)(C)C)c1[SeH]. The van der Waals surface area contributed by atoms with E-state index in [1.807, 2.05) is 0 Å². The number of hydrogen-bond acceptors (Lipinski definition) is 0. The molecule has 0 atom stereocenters. The van der Waals surface area contributed by atoms with Crippen LogP contribution >= 0.6 is 0 Å². The standard InChI is InChI=1S/C12H18Se/c1-8-6-7-9(2)11(13)10(8)12(3,4)5/h6-7,13H,1-5H3. The molecule has 0 N–H and O–H groups in total. The molecule has 1 aromatic rings. The molecule has 0 amide bonds. The van der Waals surface area contributed by atoms with E-state index in [0.717, 1.165) is 0 Å². The van der Waals surface area contributed by atoms with Crippen LogP contribution in [0.5, 0.6) is 0 Å². The Morgan fingerprint density at radius 3 is 1.85 bits per heavy atom. The van der Waals surface area contributed by atoms with Gasteiger partial charge in [-0.05, 0) is 0 Å². The Hall–Kier alpha value is -0.261. The van der Waals surface area contributed by atoms with Gasteiger partial charge >= 0.3 is 89.3 Å². The molecule has 0 heterocycles. The second-order valence-electron chi connectivity index (χ2n) is 4.67. The Kier molecular flexibility index (Phi) is 2.89. The number of aryl methyl sites for hydroxylation is 2. The van der Waals surface area contributed by atoms with Gasteiger partial charge in [-0.15, -0.1) is 0 Å². The summed E-state index contributed by atoms with van der Waals surface area (Å²) in [6, 6.07) is 4.41. The molecule has 0 aliphatic rings. The Morgan fingerprint density at radius 2 is 1.46 bits per heavy atom. The van der Waals surface area contributed by atoms with Gasteiger partial charge in [0, 0.05) is 0 Å². The monoisotopic (exact) mass is 242 g/mol. The van der Waals surface area contributed by atoms with Crippen LogP contribution in [0.3, 0.4) is 0 Å². The van der Waals surface area contributed by atoms with Gasteiger partial charge in [-0.3, -0.25) is 0 Å². The van der Waals surface area contributed by atoms with Gasteiger partial charge in [-0.2, -0.15) is 0 Å². The van der Waals surface area contributed by atoms with Crippen LogP contribution in [0, 0.1) is 13.8 Å². The molecule has 1 heteroatoms. The Bertz CT molecular complexity index is 319. The van der Waals surface area contributed by atoms with Crippen molar-refractivity contribution >= 4 is 20.5 Å². The number of benzene rings is 1. The van der Waals surface area contributed by atoms with Gasteiger partial charge < -0.3 is 0 Å². The normalized spacial score (nSPS) is 11.8. The molecule has 0 fully saturated rings. The van der Waals surface area contributed by atoms with Gasteiger partial charge in [0.05, 0.1) is 0 Å². The van der Waals surface area contributed by atoms with E-state index in [1.54, 1.807) is 0 Å². The molecule has 0 spiro atoms. The first kappa shape index (κ1) is 10.8. The van der Waals surface area contributed by atoms with Crippen molar-refractivity contribution in [2.24, 2.45) is 0 Å². The maximum atomic E-state index is 2.71. The van der Waals surface area contributed by atoms with Crippen molar-refractivity contribution in [3.8, 4) is 0 Å². The predicted octanol–water partition coefficient (Wildman–Crippen LogP) is 2.13. The van der Waals surface area contributed by atoms with E-state index in [9.17, 15) is 0 Å². The first-order chi connectivity index (χ1) is 5.84. The van der Waals surface area contributed by atoms with E-state index in [4.69, 9.17) is 0 Å². The van der Waals surface area contributed by atoms with Crippen LogP contribution in [0.2, 0.25) is 0 Å². The summed E-state index contributed by atoms with van der Waals surface area (Å²) in [6.45, 7) is 11.2. The maximum absolute atomic E-state index is 2.71. The van der Waals surface area contributed by atoms with Crippen LogP contribution < -0.4 is 4.46 Å². The molecule has 0 saturated heterocycles. The topological polar surface area (TPSA) is 0 Å². The van der Waals surface area contributed by atoms with Crippen molar-refractivity contribution in [3.63, 3.8) is 0 Å². The van der Waals surface area contributed by atoms with Crippen LogP contribution in [0.15, 0.2) is 12.1 Å². The second kappa shape index (κ2) is 3.47. The van der Waals surface area contributed by atoms with Crippen molar-refractivity contribution in [3.05, 3.63) is 28.8 Å². The summed E-state index contributed by atoms with van der Waals surface area (Å²) in [4.78, 5) is 0. The fourth-order valence-corrected chi connectivity index (χ4v) is 2.97. The Morgan fingerprint density at radius 1 is 1.00 bits per heavy atom. The summed E-state index contributed by atoms with van der Waals surface area (Å²) in [5, 5.41) is 0. The van der Waals surface area contributed by atoms with Crippen LogP contribution in [0.1, 0.15) is 37.5 Å². The third kappa shape index (κ3) is 2.15. The molecular weight excluding hydrogens is 223 g/mol. The summed E-state index contributed by atoms with van der Waals surface area (Å²) in [6.07, 6.45) is 0. The van der Waals surface area contributed by atoms with Crippen molar-refractivity contribution in [2.75, 3.05) is 0 Å². The van der Waals surface area contributed by atoms with E-state index < -0.39 is 0 Å². The van der Waals surface area contributed by atoms with Crippen LogP contribution in [0.4, 0.5) is 0 Å². The molecule has 0 saturated carbocycles. The fourth-order valence-electron chi connectivity index (χ4n) is 1.74. The van der Waals surface area contributed by atoms with Crippen molar-refractivity contribution in [1.82, 2.24) is 0 Å². The van der Waals surface area contributed by atoms with E-state index in [0.29, 0.717) is 0 Å².